The van der Waals surface area contributed by atoms with Gasteiger partial charge in [-0.05, 0) is 69.5 Å². The molecule has 0 saturated carbocycles. The van der Waals surface area contributed by atoms with E-state index in [0.717, 1.165) is 30.7 Å². The molecule has 1 saturated heterocycles. The van der Waals surface area contributed by atoms with Crippen molar-refractivity contribution in [2.75, 3.05) is 6.54 Å². The summed E-state index contributed by atoms with van der Waals surface area (Å²) in [6.45, 7) is 5.43. The Kier molecular flexibility index (Phi) is 7.79. The molecule has 2 atom stereocenters. The highest BCUT2D eigenvalue weighted by Gasteiger charge is 2.30. The van der Waals surface area contributed by atoms with Crippen molar-refractivity contribution in [3.63, 3.8) is 0 Å². The van der Waals surface area contributed by atoms with E-state index < -0.39 is 11.7 Å². The minimum atomic E-state index is -4.45. The second-order valence-corrected chi connectivity index (χ2v) is 9.34. The third-order valence-corrected chi connectivity index (χ3v) is 6.64. The number of piperidine rings is 1. The third kappa shape index (κ3) is 6.63. The number of hydrogen-bond donors (Lipinski definition) is 0. The van der Waals surface area contributed by atoms with Crippen LogP contribution in [0.1, 0.15) is 62.3 Å². The first-order chi connectivity index (χ1) is 16.7. The quantitative estimate of drug-likeness (QED) is 0.358. The SMILES string of the molecule is CC1CCCC(C)N1CCCc1nc(Cc2ccc(F)cc2)nc(-c2cccc(C(F)(F)F)c2)n1. The van der Waals surface area contributed by atoms with E-state index >= 15 is 0 Å². The van der Waals surface area contributed by atoms with Crippen LogP contribution < -0.4 is 0 Å². The van der Waals surface area contributed by atoms with Gasteiger partial charge in [0, 0.05) is 30.5 Å². The molecule has 3 aromatic rings. The molecule has 1 fully saturated rings. The lowest BCUT2D eigenvalue weighted by Crippen LogP contribution is -2.44. The van der Waals surface area contributed by atoms with Crippen LogP contribution in [-0.2, 0) is 19.0 Å². The Hall–Kier alpha value is -2.87. The van der Waals surface area contributed by atoms with Gasteiger partial charge in [0.25, 0.3) is 0 Å². The van der Waals surface area contributed by atoms with Crippen molar-refractivity contribution in [2.24, 2.45) is 0 Å². The molecule has 4 nitrogen and oxygen atoms in total. The number of hydrogen-bond acceptors (Lipinski definition) is 4. The average Bonchev–Trinajstić information content (AvgIpc) is 2.82. The normalized spacial score (nSPS) is 19.1. The molecule has 0 radical (unpaired) electrons. The van der Waals surface area contributed by atoms with Crippen LogP contribution >= 0.6 is 0 Å². The van der Waals surface area contributed by atoms with Crippen LogP contribution in [0.3, 0.4) is 0 Å². The molecule has 0 amide bonds. The summed E-state index contributed by atoms with van der Waals surface area (Å²) in [5, 5.41) is 0. The molecule has 186 valence electrons. The van der Waals surface area contributed by atoms with Gasteiger partial charge in [-0.15, -0.1) is 0 Å². The number of nitrogens with zero attached hydrogens (tertiary/aromatic N) is 4. The fourth-order valence-electron chi connectivity index (χ4n) is 4.74. The summed E-state index contributed by atoms with van der Waals surface area (Å²) < 4.78 is 53.2. The molecule has 1 aliphatic heterocycles. The number of halogens is 4. The van der Waals surface area contributed by atoms with Crippen molar-refractivity contribution >= 4 is 0 Å². The first-order valence-electron chi connectivity index (χ1n) is 12.1. The molecule has 0 spiro atoms. The molecule has 4 rings (SSSR count). The monoisotopic (exact) mass is 486 g/mol. The minimum Gasteiger partial charge on any atom is -0.298 e. The zero-order valence-corrected chi connectivity index (χ0v) is 20.0. The molecular formula is C27H30F4N4. The van der Waals surface area contributed by atoms with E-state index in [0.29, 0.717) is 42.1 Å². The summed E-state index contributed by atoms with van der Waals surface area (Å²) in [4.78, 5) is 16.1. The third-order valence-electron chi connectivity index (χ3n) is 6.64. The Morgan fingerprint density at radius 3 is 2.29 bits per heavy atom. The first kappa shape index (κ1) is 25.2. The van der Waals surface area contributed by atoms with Crippen molar-refractivity contribution in [1.82, 2.24) is 19.9 Å². The van der Waals surface area contributed by atoms with Crippen molar-refractivity contribution in [2.45, 2.75) is 70.6 Å². The lowest BCUT2D eigenvalue weighted by molar-refractivity contribution is -0.137. The summed E-state index contributed by atoms with van der Waals surface area (Å²) in [7, 11) is 0. The molecule has 0 N–H and O–H groups in total. The van der Waals surface area contributed by atoms with Crippen molar-refractivity contribution in [1.29, 1.82) is 0 Å². The van der Waals surface area contributed by atoms with E-state index in [4.69, 9.17) is 0 Å². The van der Waals surface area contributed by atoms with Crippen LogP contribution in [-0.4, -0.2) is 38.5 Å². The summed E-state index contributed by atoms with van der Waals surface area (Å²) >= 11 is 0. The van der Waals surface area contributed by atoms with E-state index in [1.807, 2.05) is 0 Å². The number of alkyl halides is 3. The van der Waals surface area contributed by atoms with E-state index in [2.05, 4.69) is 33.7 Å². The van der Waals surface area contributed by atoms with Crippen LogP contribution in [0, 0.1) is 5.82 Å². The van der Waals surface area contributed by atoms with Gasteiger partial charge in [0.2, 0.25) is 0 Å². The molecule has 2 heterocycles. The Morgan fingerprint density at radius 1 is 0.914 bits per heavy atom. The van der Waals surface area contributed by atoms with E-state index in [9.17, 15) is 17.6 Å². The molecule has 1 aromatic heterocycles. The fraction of sp³-hybridized carbons (Fsp3) is 0.444. The number of rotatable bonds is 7. The predicted octanol–water partition coefficient (Wildman–Crippen LogP) is 6.48. The largest absolute Gasteiger partial charge is 0.416 e. The van der Waals surface area contributed by atoms with Gasteiger partial charge in [0.15, 0.2) is 5.82 Å². The average molecular weight is 487 g/mol. The summed E-state index contributed by atoms with van der Waals surface area (Å²) in [5.41, 5.74) is 0.363. The van der Waals surface area contributed by atoms with E-state index in [-0.39, 0.29) is 11.6 Å². The zero-order chi connectivity index (χ0) is 25.0. The maximum atomic E-state index is 13.3. The highest BCUT2D eigenvalue weighted by molar-refractivity contribution is 5.56. The topological polar surface area (TPSA) is 41.9 Å². The van der Waals surface area contributed by atoms with Crippen LogP contribution in [0.5, 0.6) is 0 Å². The summed E-state index contributed by atoms with van der Waals surface area (Å²) in [6, 6.07) is 12.2. The number of aryl methyl sites for hydroxylation is 1. The van der Waals surface area contributed by atoms with Gasteiger partial charge in [-0.2, -0.15) is 13.2 Å². The second-order valence-electron chi connectivity index (χ2n) is 9.34. The lowest BCUT2D eigenvalue weighted by Gasteiger charge is -2.39. The van der Waals surface area contributed by atoms with E-state index in [1.54, 1.807) is 18.2 Å². The Bertz CT molecular complexity index is 1120. The Balaban J connectivity index is 1.59. The highest BCUT2D eigenvalue weighted by Crippen LogP contribution is 2.31. The van der Waals surface area contributed by atoms with Crippen LogP contribution in [0.15, 0.2) is 48.5 Å². The molecule has 2 unspecified atom stereocenters. The maximum Gasteiger partial charge on any atom is 0.416 e. The minimum absolute atomic E-state index is 0.220. The molecule has 0 bridgehead atoms. The zero-order valence-electron chi connectivity index (χ0n) is 20.0. The highest BCUT2D eigenvalue weighted by atomic mass is 19.4. The number of aromatic nitrogens is 3. The van der Waals surface area contributed by atoms with Crippen molar-refractivity contribution in [3.8, 4) is 11.4 Å². The van der Waals surface area contributed by atoms with Crippen LogP contribution in [0.4, 0.5) is 17.6 Å². The molecule has 8 heteroatoms. The molecular weight excluding hydrogens is 456 g/mol. The molecule has 1 aliphatic rings. The van der Waals surface area contributed by atoms with Crippen molar-refractivity contribution < 1.29 is 17.6 Å². The lowest BCUT2D eigenvalue weighted by atomic mass is 9.97. The predicted molar refractivity (Wildman–Crippen MR) is 127 cm³/mol. The second kappa shape index (κ2) is 10.8. The summed E-state index contributed by atoms with van der Waals surface area (Å²) in [6.07, 6.45) is 0.957. The summed E-state index contributed by atoms with van der Waals surface area (Å²) in [5.74, 6) is 0.893. The Morgan fingerprint density at radius 2 is 1.60 bits per heavy atom. The molecule has 35 heavy (non-hydrogen) atoms. The first-order valence-corrected chi connectivity index (χ1v) is 12.1. The van der Waals surface area contributed by atoms with Gasteiger partial charge in [0.05, 0.1) is 5.56 Å². The maximum absolute atomic E-state index is 13.3. The van der Waals surface area contributed by atoms with Gasteiger partial charge < -0.3 is 0 Å². The van der Waals surface area contributed by atoms with Crippen LogP contribution in [0.25, 0.3) is 11.4 Å². The smallest absolute Gasteiger partial charge is 0.298 e. The number of likely N-dealkylation sites (tertiary alicyclic amines) is 1. The van der Waals surface area contributed by atoms with Gasteiger partial charge in [-0.25, -0.2) is 19.3 Å². The van der Waals surface area contributed by atoms with Gasteiger partial charge in [-0.1, -0.05) is 30.7 Å². The fourth-order valence-corrected chi connectivity index (χ4v) is 4.74. The van der Waals surface area contributed by atoms with Crippen LogP contribution in [0.2, 0.25) is 0 Å². The van der Waals surface area contributed by atoms with E-state index in [1.165, 1.54) is 37.5 Å². The molecule has 2 aromatic carbocycles. The molecule has 0 aliphatic carbocycles. The van der Waals surface area contributed by atoms with Gasteiger partial charge in [0.1, 0.15) is 17.5 Å². The van der Waals surface area contributed by atoms with Gasteiger partial charge in [-0.3, -0.25) is 4.90 Å². The van der Waals surface area contributed by atoms with Crippen molar-refractivity contribution in [3.05, 3.63) is 77.1 Å². The number of benzene rings is 2. The standard InChI is InChI=1S/C27H30F4N4/c1-18-6-3-7-19(2)35(18)15-5-10-24-32-25(16-20-11-13-23(28)14-12-20)34-26(33-24)21-8-4-9-22(17-21)27(29,30)31/h4,8-9,11-14,17-19H,3,5-7,10,15-16H2,1-2H3. The van der Waals surface area contributed by atoms with Gasteiger partial charge >= 0.3 is 6.18 Å². The Labute approximate surface area is 203 Å².